The summed E-state index contributed by atoms with van der Waals surface area (Å²) in [7, 11) is 0. The first-order valence-electron chi connectivity index (χ1n) is 10.8. The average molecular weight is 465 g/mol. The maximum absolute atomic E-state index is 12.8. The van der Waals surface area contributed by atoms with Crippen LogP contribution in [0.25, 0.3) is 6.08 Å². The van der Waals surface area contributed by atoms with Gasteiger partial charge in [-0.15, -0.1) is 0 Å². The molecule has 0 aliphatic carbocycles. The molecule has 2 aromatic rings. The molecule has 32 heavy (non-hydrogen) atoms. The molecule has 2 aromatic carbocycles. The number of thiocarbonyl (C=S) groups is 1. The van der Waals surface area contributed by atoms with Crippen LogP contribution >= 0.6 is 24.0 Å². The predicted molar refractivity (Wildman–Crippen MR) is 137 cm³/mol. The van der Waals surface area contributed by atoms with Crippen molar-refractivity contribution < 1.29 is 9.59 Å². The second-order valence-corrected chi connectivity index (χ2v) is 9.31. The summed E-state index contributed by atoms with van der Waals surface area (Å²) in [5, 5.41) is 0. The van der Waals surface area contributed by atoms with E-state index in [9.17, 15) is 9.59 Å². The molecule has 0 atom stereocenters. The molecule has 4 nitrogen and oxygen atoms in total. The Labute approximate surface area is 200 Å². The Bertz CT molecular complexity index is 1020. The lowest BCUT2D eigenvalue weighted by molar-refractivity contribution is -0.132. The van der Waals surface area contributed by atoms with Crippen LogP contribution < -0.4 is 0 Å². The van der Waals surface area contributed by atoms with E-state index in [4.69, 9.17) is 12.2 Å². The largest absolute Gasteiger partial charge is 0.339 e. The van der Waals surface area contributed by atoms with Gasteiger partial charge in [-0.1, -0.05) is 90.7 Å². The molecule has 166 valence electrons. The standard InChI is InChI=1S/C26H28N2O2S2/c1-3-27(19-22-13-8-5-9-14-22)24(29)15-10-16-28-25(30)23(32-26(28)31)18-20(2)17-21-11-6-4-7-12-21/h4-9,11-14,17-18H,3,10,15-16,19H2,1-2H3. The summed E-state index contributed by atoms with van der Waals surface area (Å²) < 4.78 is 0.554. The number of amides is 2. The van der Waals surface area contributed by atoms with E-state index in [-0.39, 0.29) is 11.8 Å². The zero-order valence-corrected chi connectivity index (χ0v) is 20.1. The van der Waals surface area contributed by atoms with E-state index < -0.39 is 0 Å². The number of carbonyl (C=O) groups is 2. The van der Waals surface area contributed by atoms with E-state index >= 15 is 0 Å². The van der Waals surface area contributed by atoms with Gasteiger partial charge in [-0.25, -0.2) is 0 Å². The molecule has 0 radical (unpaired) electrons. The number of hydrogen-bond donors (Lipinski definition) is 0. The van der Waals surface area contributed by atoms with Gasteiger partial charge < -0.3 is 4.90 Å². The van der Waals surface area contributed by atoms with Crippen molar-refractivity contribution in [1.29, 1.82) is 0 Å². The molecule has 1 heterocycles. The van der Waals surface area contributed by atoms with Gasteiger partial charge in [0.25, 0.3) is 5.91 Å². The molecular weight excluding hydrogens is 436 g/mol. The highest BCUT2D eigenvalue weighted by Gasteiger charge is 2.31. The topological polar surface area (TPSA) is 40.6 Å². The number of carbonyl (C=O) groups excluding carboxylic acids is 2. The van der Waals surface area contributed by atoms with Gasteiger partial charge in [0.05, 0.1) is 4.91 Å². The second kappa shape index (κ2) is 11.8. The minimum Gasteiger partial charge on any atom is -0.339 e. The average Bonchev–Trinajstić information content (AvgIpc) is 3.05. The summed E-state index contributed by atoms with van der Waals surface area (Å²) in [6.45, 7) is 5.68. The Balaban J connectivity index is 1.54. The van der Waals surface area contributed by atoms with Gasteiger partial charge >= 0.3 is 0 Å². The molecule has 0 aromatic heterocycles. The quantitative estimate of drug-likeness (QED) is 0.354. The summed E-state index contributed by atoms with van der Waals surface area (Å²) >= 11 is 6.75. The summed E-state index contributed by atoms with van der Waals surface area (Å²) in [5.41, 5.74) is 3.20. The normalized spacial score (nSPS) is 15.5. The Kier molecular flexibility index (Phi) is 8.82. The fourth-order valence-electron chi connectivity index (χ4n) is 3.48. The van der Waals surface area contributed by atoms with E-state index in [1.165, 1.54) is 11.8 Å². The van der Waals surface area contributed by atoms with Crippen molar-refractivity contribution in [2.45, 2.75) is 33.2 Å². The molecule has 0 spiro atoms. The first-order valence-corrected chi connectivity index (χ1v) is 12.0. The van der Waals surface area contributed by atoms with Crippen LogP contribution in [0.5, 0.6) is 0 Å². The fourth-order valence-corrected chi connectivity index (χ4v) is 4.84. The number of hydrogen-bond acceptors (Lipinski definition) is 4. The molecule has 0 N–H and O–H groups in total. The number of rotatable bonds is 9. The third-order valence-electron chi connectivity index (χ3n) is 5.15. The lowest BCUT2D eigenvalue weighted by Gasteiger charge is -2.22. The van der Waals surface area contributed by atoms with Crippen LogP contribution in [-0.4, -0.2) is 39.0 Å². The number of benzene rings is 2. The maximum Gasteiger partial charge on any atom is 0.266 e. The molecule has 3 rings (SSSR count). The molecule has 1 fully saturated rings. The lowest BCUT2D eigenvalue weighted by Crippen LogP contribution is -2.32. The van der Waals surface area contributed by atoms with Gasteiger partial charge in [0, 0.05) is 26.1 Å². The SMILES string of the molecule is CCN(Cc1ccccc1)C(=O)CCCN1C(=O)C(=CC(C)=Cc2ccccc2)SC1=S. The Morgan fingerprint density at radius 1 is 1.09 bits per heavy atom. The van der Waals surface area contributed by atoms with E-state index in [0.717, 1.165) is 16.7 Å². The number of allylic oxidation sites excluding steroid dienone is 2. The van der Waals surface area contributed by atoms with Gasteiger partial charge in [-0.3, -0.25) is 14.5 Å². The lowest BCUT2D eigenvalue weighted by atomic mass is 10.1. The first-order chi connectivity index (χ1) is 15.5. The van der Waals surface area contributed by atoms with E-state index in [1.807, 2.05) is 91.6 Å². The van der Waals surface area contributed by atoms with Crippen LogP contribution in [0.15, 0.2) is 77.2 Å². The zero-order valence-electron chi connectivity index (χ0n) is 18.5. The highest BCUT2D eigenvalue weighted by atomic mass is 32.2. The molecule has 0 bridgehead atoms. The summed E-state index contributed by atoms with van der Waals surface area (Å²) in [6, 6.07) is 20.0. The van der Waals surface area contributed by atoms with Gasteiger partial charge in [-0.05, 0) is 43.0 Å². The van der Waals surface area contributed by atoms with Crippen molar-refractivity contribution in [2.24, 2.45) is 0 Å². The van der Waals surface area contributed by atoms with Crippen LogP contribution in [0.2, 0.25) is 0 Å². The second-order valence-electron chi connectivity index (χ2n) is 7.63. The molecular formula is C26H28N2O2S2. The van der Waals surface area contributed by atoms with Crippen molar-refractivity contribution >= 4 is 46.2 Å². The molecule has 1 saturated heterocycles. The summed E-state index contributed by atoms with van der Waals surface area (Å²) in [5.74, 6) is 0.0175. The zero-order chi connectivity index (χ0) is 22.9. The van der Waals surface area contributed by atoms with Gasteiger partial charge in [0.15, 0.2) is 0 Å². The van der Waals surface area contributed by atoms with Crippen LogP contribution in [-0.2, 0) is 16.1 Å². The van der Waals surface area contributed by atoms with E-state index in [1.54, 1.807) is 4.90 Å². The fraction of sp³-hybridized carbons (Fsp3) is 0.269. The monoisotopic (exact) mass is 464 g/mol. The van der Waals surface area contributed by atoms with Crippen molar-refractivity contribution in [3.05, 3.63) is 88.3 Å². The first kappa shape index (κ1) is 24.0. The van der Waals surface area contributed by atoms with Crippen LogP contribution in [0.3, 0.4) is 0 Å². The minimum absolute atomic E-state index is 0.0788. The Hall–Kier alpha value is -2.70. The van der Waals surface area contributed by atoms with Crippen molar-refractivity contribution in [1.82, 2.24) is 9.80 Å². The third kappa shape index (κ3) is 6.65. The molecule has 0 saturated carbocycles. The van der Waals surface area contributed by atoms with Gasteiger partial charge in [-0.2, -0.15) is 0 Å². The third-order valence-corrected chi connectivity index (χ3v) is 6.53. The van der Waals surface area contributed by atoms with Crippen LogP contribution in [0, 0.1) is 0 Å². The molecule has 6 heteroatoms. The molecule has 2 amide bonds. The van der Waals surface area contributed by atoms with Gasteiger partial charge in [0.2, 0.25) is 5.91 Å². The van der Waals surface area contributed by atoms with Crippen molar-refractivity contribution in [2.75, 3.05) is 13.1 Å². The van der Waals surface area contributed by atoms with Crippen LogP contribution in [0.4, 0.5) is 0 Å². The van der Waals surface area contributed by atoms with Crippen molar-refractivity contribution in [3.8, 4) is 0 Å². The van der Waals surface area contributed by atoms with Crippen molar-refractivity contribution in [3.63, 3.8) is 0 Å². The highest BCUT2D eigenvalue weighted by molar-refractivity contribution is 8.26. The number of nitrogens with zero attached hydrogens (tertiary/aromatic N) is 2. The van der Waals surface area contributed by atoms with Crippen LogP contribution in [0.1, 0.15) is 37.8 Å². The summed E-state index contributed by atoms with van der Waals surface area (Å²) in [6.07, 6.45) is 4.90. The predicted octanol–water partition coefficient (Wildman–Crippen LogP) is 5.66. The number of thioether (sulfide) groups is 1. The minimum atomic E-state index is -0.0788. The maximum atomic E-state index is 12.8. The van der Waals surface area contributed by atoms with E-state index in [2.05, 4.69) is 0 Å². The van der Waals surface area contributed by atoms with Gasteiger partial charge in [0.1, 0.15) is 4.32 Å². The smallest absolute Gasteiger partial charge is 0.266 e. The summed E-state index contributed by atoms with van der Waals surface area (Å²) in [4.78, 5) is 29.6. The highest BCUT2D eigenvalue weighted by Crippen LogP contribution is 2.32. The molecule has 1 aliphatic rings. The molecule has 1 aliphatic heterocycles. The Morgan fingerprint density at radius 3 is 2.41 bits per heavy atom. The Morgan fingerprint density at radius 2 is 1.75 bits per heavy atom. The molecule has 0 unspecified atom stereocenters. The van der Waals surface area contributed by atoms with E-state index in [0.29, 0.717) is 41.7 Å².